The van der Waals surface area contributed by atoms with Gasteiger partial charge in [-0.2, -0.15) is 0 Å². The lowest BCUT2D eigenvalue weighted by atomic mass is 10.1. The Morgan fingerprint density at radius 1 is 1.36 bits per heavy atom. The molecule has 1 aromatic carbocycles. The number of aromatic nitrogens is 2. The monoisotopic (exact) mass is 186 g/mol. The first-order valence-electron chi connectivity index (χ1n) is 4.76. The van der Waals surface area contributed by atoms with Gasteiger partial charge in [0.1, 0.15) is 0 Å². The number of benzene rings is 1. The molecule has 0 fully saturated rings. The van der Waals surface area contributed by atoms with Crippen molar-refractivity contribution in [3.8, 4) is 0 Å². The second kappa shape index (κ2) is 3.66. The van der Waals surface area contributed by atoms with Crippen LogP contribution in [0.25, 0.3) is 0 Å². The SMILES string of the molecule is Cc1cccc(Cc2cncn2C)c1. The normalized spacial score (nSPS) is 10.4. The second-order valence-electron chi connectivity index (χ2n) is 3.66. The fourth-order valence-corrected chi connectivity index (χ4v) is 1.59. The highest BCUT2D eigenvalue weighted by Crippen LogP contribution is 2.09. The highest BCUT2D eigenvalue weighted by molar-refractivity contribution is 5.25. The van der Waals surface area contributed by atoms with E-state index in [4.69, 9.17) is 0 Å². The number of hydrogen-bond acceptors (Lipinski definition) is 1. The minimum Gasteiger partial charge on any atom is -0.337 e. The molecule has 2 heteroatoms. The summed E-state index contributed by atoms with van der Waals surface area (Å²) in [7, 11) is 2.03. The summed E-state index contributed by atoms with van der Waals surface area (Å²) in [6.45, 7) is 2.12. The van der Waals surface area contributed by atoms with E-state index in [1.165, 1.54) is 16.8 Å². The minimum atomic E-state index is 0.957. The van der Waals surface area contributed by atoms with Gasteiger partial charge in [-0.15, -0.1) is 0 Å². The maximum Gasteiger partial charge on any atom is 0.0945 e. The van der Waals surface area contributed by atoms with Crippen LogP contribution in [0.5, 0.6) is 0 Å². The topological polar surface area (TPSA) is 17.8 Å². The van der Waals surface area contributed by atoms with Crippen LogP contribution in [0.4, 0.5) is 0 Å². The van der Waals surface area contributed by atoms with Gasteiger partial charge in [0.25, 0.3) is 0 Å². The maximum absolute atomic E-state index is 4.10. The lowest BCUT2D eigenvalue weighted by molar-refractivity contribution is 0.844. The van der Waals surface area contributed by atoms with Gasteiger partial charge in [-0.1, -0.05) is 29.8 Å². The summed E-state index contributed by atoms with van der Waals surface area (Å²) in [5.74, 6) is 0. The standard InChI is InChI=1S/C12H14N2/c1-10-4-3-5-11(6-10)7-12-8-13-9-14(12)2/h3-6,8-9H,7H2,1-2H3. The lowest BCUT2D eigenvalue weighted by Crippen LogP contribution is -1.96. The van der Waals surface area contributed by atoms with Crippen LogP contribution < -0.4 is 0 Å². The molecule has 14 heavy (non-hydrogen) atoms. The van der Waals surface area contributed by atoms with Crippen molar-refractivity contribution < 1.29 is 0 Å². The van der Waals surface area contributed by atoms with Gasteiger partial charge in [-0.3, -0.25) is 0 Å². The molecule has 0 saturated carbocycles. The number of nitrogens with zero attached hydrogens (tertiary/aromatic N) is 2. The van der Waals surface area contributed by atoms with Gasteiger partial charge in [0.15, 0.2) is 0 Å². The molecule has 0 radical (unpaired) electrons. The second-order valence-corrected chi connectivity index (χ2v) is 3.66. The summed E-state index contributed by atoms with van der Waals surface area (Å²) in [5.41, 5.74) is 3.90. The third-order valence-electron chi connectivity index (χ3n) is 2.38. The summed E-state index contributed by atoms with van der Waals surface area (Å²) >= 11 is 0. The van der Waals surface area contributed by atoms with Gasteiger partial charge in [-0.25, -0.2) is 4.98 Å². The van der Waals surface area contributed by atoms with E-state index in [-0.39, 0.29) is 0 Å². The first-order valence-corrected chi connectivity index (χ1v) is 4.76. The van der Waals surface area contributed by atoms with Crippen LogP contribution in [-0.2, 0) is 13.5 Å². The van der Waals surface area contributed by atoms with Crippen LogP contribution in [0, 0.1) is 6.92 Å². The van der Waals surface area contributed by atoms with Crippen LogP contribution in [-0.4, -0.2) is 9.55 Å². The molecule has 72 valence electrons. The molecule has 2 rings (SSSR count). The van der Waals surface area contributed by atoms with Gasteiger partial charge < -0.3 is 4.57 Å². The van der Waals surface area contributed by atoms with E-state index in [2.05, 4.69) is 40.7 Å². The van der Waals surface area contributed by atoms with Crippen LogP contribution in [0.3, 0.4) is 0 Å². The number of hydrogen-bond donors (Lipinski definition) is 0. The molecule has 0 atom stereocenters. The average Bonchev–Trinajstić information content (AvgIpc) is 2.52. The Balaban J connectivity index is 2.23. The summed E-state index contributed by atoms with van der Waals surface area (Å²) in [5, 5.41) is 0. The van der Waals surface area contributed by atoms with Gasteiger partial charge >= 0.3 is 0 Å². The molecule has 0 saturated heterocycles. The van der Waals surface area contributed by atoms with Gasteiger partial charge in [0.05, 0.1) is 6.33 Å². The van der Waals surface area contributed by atoms with Crippen molar-refractivity contribution in [2.24, 2.45) is 7.05 Å². The lowest BCUT2D eigenvalue weighted by Gasteiger charge is -2.03. The van der Waals surface area contributed by atoms with Gasteiger partial charge in [0, 0.05) is 25.4 Å². The Kier molecular flexibility index (Phi) is 2.35. The molecular weight excluding hydrogens is 172 g/mol. The van der Waals surface area contributed by atoms with Crippen molar-refractivity contribution >= 4 is 0 Å². The summed E-state index contributed by atoms with van der Waals surface area (Å²) in [6, 6.07) is 8.58. The maximum atomic E-state index is 4.10. The molecule has 0 N–H and O–H groups in total. The first kappa shape index (κ1) is 9.00. The number of imidazole rings is 1. The van der Waals surface area contributed by atoms with Crippen molar-refractivity contribution in [2.75, 3.05) is 0 Å². The smallest absolute Gasteiger partial charge is 0.0945 e. The minimum absolute atomic E-state index is 0.957. The summed E-state index contributed by atoms with van der Waals surface area (Å²) < 4.78 is 2.06. The molecule has 0 amide bonds. The fourth-order valence-electron chi connectivity index (χ4n) is 1.59. The van der Waals surface area contributed by atoms with Crippen molar-refractivity contribution in [1.29, 1.82) is 0 Å². The zero-order valence-electron chi connectivity index (χ0n) is 8.57. The van der Waals surface area contributed by atoms with Crippen molar-refractivity contribution in [3.05, 3.63) is 53.6 Å². The van der Waals surface area contributed by atoms with Crippen LogP contribution in [0.1, 0.15) is 16.8 Å². The Labute approximate surface area is 84.2 Å². The van der Waals surface area contributed by atoms with E-state index in [1.54, 1.807) is 0 Å². The quantitative estimate of drug-likeness (QED) is 0.703. The van der Waals surface area contributed by atoms with Crippen molar-refractivity contribution in [1.82, 2.24) is 9.55 Å². The molecule has 1 heterocycles. The molecule has 0 unspecified atom stereocenters. The van der Waals surface area contributed by atoms with E-state index in [1.807, 2.05) is 19.6 Å². The first-order chi connectivity index (χ1) is 6.75. The third kappa shape index (κ3) is 1.84. The Morgan fingerprint density at radius 2 is 2.21 bits per heavy atom. The van der Waals surface area contributed by atoms with E-state index < -0.39 is 0 Å². The largest absolute Gasteiger partial charge is 0.337 e. The number of aryl methyl sites for hydroxylation is 2. The van der Waals surface area contributed by atoms with Crippen LogP contribution in [0.15, 0.2) is 36.8 Å². The molecule has 1 aromatic heterocycles. The molecule has 0 spiro atoms. The molecule has 0 aliphatic rings. The van der Waals surface area contributed by atoms with Crippen LogP contribution in [0.2, 0.25) is 0 Å². The molecule has 0 bridgehead atoms. The zero-order chi connectivity index (χ0) is 9.97. The van der Waals surface area contributed by atoms with Crippen molar-refractivity contribution in [2.45, 2.75) is 13.3 Å². The molecular formula is C12H14N2. The van der Waals surface area contributed by atoms with Gasteiger partial charge in [0.2, 0.25) is 0 Å². The average molecular weight is 186 g/mol. The molecule has 2 aromatic rings. The van der Waals surface area contributed by atoms with Crippen molar-refractivity contribution in [3.63, 3.8) is 0 Å². The third-order valence-corrected chi connectivity index (χ3v) is 2.38. The van der Waals surface area contributed by atoms with E-state index in [9.17, 15) is 0 Å². The molecule has 0 aliphatic heterocycles. The Bertz CT molecular complexity index is 429. The van der Waals surface area contributed by atoms with E-state index >= 15 is 0 Å². The zero-order valence-corrected chi connectivity index (χ0v) is 8.57. The molecule has 2 nitrogen and oxygen atoms in total. The van der Waals surface area contributed by atoms with E-state index in [0.717, 1.165) is 6.42 Å². The van der Waals surface area contributed by atoms with Gasteiger partial charge in [-0.05, 0) is 12.5 Å². The van der Waals surface area contributed by atoms with Crippen LogP contribution >= 0.6 is 0 Å². The predicted molar refractivity (Wildman–Crippen MR) is 57.2 cm³/mol. The summed E-state index contributed by atoms with van der Waals surface area (Å²) in [4.78, 5) is 4.10. The highest BCUT2D eigenvalue weighted by Gasteiger charge is 1.99. The highest BCUT2D eigenvalue weighted by atomic mass is 15.0. The fraction of sp³-hybridized carbons (Fsp3) is 0.250. The predicted octanol–water partition coefficient (Wildman–Crippen LogP) is 2.32. The Morgan fingerprint density at radius 3 is 2.86 bits per heavy atom. The van der Waals surface area contributed by atoms with E-state index in [0.29, 0.717) is 0 Å². The number of rotatable bonds is 2. The Hall–Kier alpha value is -1.57. The summed E-state index contributed by atoms with van der Waals surface area (Å²) in [6.07, 6.45) is 4.71. The molecule has 0 aliphatic carbocycles.